The zero-order valence-corrected chi connectivity index (χ0v) is 13.0. The lowest BCUT2D eigenvalue weighted by atomic mass is 10.1. The number of ether oxygens (including phenoxy) is 1. The predicted octanol–water partition coefficient (Wildman–Crippen LogP) is 1.86. The van der Waals surface area contributed by atoms with Crippen molar-refractivity contribution in [3.05, 3.63) is 35.7 Å². The fourth-order valence-corrected chi connectivity index (χ4v) is 2.94. The van der Waals surface area contributed by atoms with Gasteiger partial charge >= 0.3 is 0 Å². The second kappa shape index (κ2) is 6.89. The molecule has 2 N–H and O–H groups in total. The van der Waals surface area contributed by atoms with Crippen molar-refractivity contribution in [1.82, 2.24) is 15.0 Å². The Hall–Kier alpha value is -1.92. The highest BCUT2D eigenvalue weighted by Gasteiger charge is 2.14. The Balaban J connectivity index is 1.84. The summed E-state index contributed by atoms with van der Waals surface area (Å²) in [5.41, 5.74) is 9.67. The summed E-state index contributed by atoms with van der Waals surface area (Å²) < 4.78 is 7.06. The van der Waals surface area contributed by atoms with Gasteiger partial charge in [0.25, 0.3) is 0 Å². The Morgan fingerprint density at radius 1 is 1.09 bits per heavy atom. The molecule has 1 aliphatic rings. The standard InChI is InChI=1S/C16H23N5O/c1-22-12-16-15(11-17)18-19-21(16)14-7-5-13(6-8-14)20-9-3-2-4-10-20/h5-8H,2-4,9-12,17H2,1H3. The Labute approximate surface area is 130 Å². The SMILES string of the molecule is COCc1c(CN)nnn1-c1ccc(N2CCCCC2)cc1. The third-order valence-electron chi connectivity index (χ3n) is 4.13. The molecule has 22 heavy (non-hydrogen) atoms. The number of rotatable bonds is 5. The molecule has 0 radical (unpaired) electrons. The van der Waals surface area contributed by atoms with Crippen molar-refractivity contribution >= 4 is 5.69 Å². The molecule has 1 saturated heterocycles. The zero-order valence-electron chi connectivity index (χ0n) is 13.0. The number of aromatic nitrogens is 3. The third-order valence-corrected chi connectivity index (χ3v) is 4.13. The number of methoxy groups -OCH3 is 1. The number of nitrogens with two attached hydrogens (primary N) is 1. The molecule has 0 aliphatic carbocycles. The molecule has 0 saturated carbocycles. The van der Waals surface area contributed by atoms with Crippen LogP contribution >= 0.6 is 0 Å². The maximum atomic E-state index is 5.72. The minimum Gasteiger partial charge on any atom is -0.378 e. The van der Waals surface area contributed by atoms with Crippen LogP contribution in [-0.4, -0.2) is 35.2 Å². The van der Waals surface area contributed by atoms with Crippen LogP contribution in [0.2, 0.25) is 0 Å². The summed E-state index contributed by atoms with van der Waals surface area (Å²) in [6.07, 6.45) is 3.90. The van der Waals surface area contributed by atoms with Crippen molar-refractivity contribution in [1.29, 1.82) is 0 Å². The lowest BCUT2D eigenvalue weighted by molar-refractivity contribution is 0.178. The van der Waals surface area contributed by atoms with Gasteiger partial charge in [-0.05, 0) is 43.5 Å². The van der Waals surface area contributed by atoms with E-state index in [1.165, 1.54) is 24.9 Å². The van der Waals surface area contributed by atoms with Gasteiger partial charge in [-0.3, -0.25) is 0 Å². The van der Waals surface area contributed by atoms with Gasteiger partial charge in [0.15, 0.2) is 0 Å². The number of piperidine rings is 1. The molecule has 1 fully saturated rings. The molecule has 1 aliphatic heterocycles. The molecule has 0 spiro atoms. The van der Waals surface area contributed by atoms with E-state index in [9.17, 15) is 0 Å². The van der Waals surface area contributed by atoms with Crippen molar-refractivity contribution in [2.75, 3.05) is 25.1 Å². The van der Waals surface area contributed by atoms with Crippen molar-refractivity contribution < 1.29 is 4.74 Å². The van der Waals surface area contributed by atoms with E-state index < -0.39 is 0 Å². The molecule has 6 nitrogen and oxygen atoms in total. The van der Waals surface area contributed by atoms with E-state index in [0.717, 1.165) is 30.2 Å². The van der Waals surface area contributed by atoms with Crippen LogP contribution in [0.25, 0.3) is 5.69 Å². The van der Waals surface area contributed by atoms with Gasteiger partial charge in [0.05, 0.1) is 18.0 Å². The van der Waals surface area contributed by atoms with Crippen LogP contribution in [0, 0.1) is 0 Å². The molecule has 0 amide bonds. The van der Waals surface area contributed by atoms with Gasteiger partial charge in [0.2, 0.25) is 0 Å². The molecule has 0 unspecified atom stereocenters. The van der Waals surface area contributed by atoms with Crippen molar-refractivity contribution in [3.8, 4) is 5.69 Å². The molecule has 0 bridgehead atoms. The van der Waals surface area contributed by atoms with E-state index in [1.54, 1.807) is 7.11 Å². The van der Waals surface area contributed by atoms with E-state index in [4.69, 9.17) is 10.5 Å². The quantitative estimate of drug-likeness (QED) is 0.913. The molecule has 2 heterocycles. The Morgan fingerprint density at radius 3 is 2.41 bits per heavy atom. The molecule has 3 rings (SSSR count). The van der Waals surface area contributed by atoms with E-state index >= 15 is 0 Å². The minimum absolute atomic E-state index is 0.366. The molecule has 2 aromatic rings. The summed E-state index contributed by atoms with van der Waals surface area (Å²) in [4.78, 5) is 2.44. The first-order chi connectivity index (χ1) is 10.8. The summed E-state index contributed by atoms with van der Waals surface area (Å²) in [5, 5.41) is 8.35. The topological polar surface area (TPSA) is 69.2 Å². The van der Waals surface area contributed by atoms with Crippen LogP contribution < -0.4 is 10.6 Å². The maximum absolute atomic E-state index is 5.72. The van der Waals surface area contributed by atoms with Gasteiger partial charge in [-0.1, -0.05) is 5.21 Å². The summed E-state index contributed by atoms with van der Waals surface area (Å²) in [6, 6.07) is 8.47. The smallest absolute Gasteiger partial charge is 0.102 e. The first-order valence-corrected chi connectivity index (χ1v) is 7.81. The van der Waals surface area contributed by atoms with Crippen molar-refractivity contribution in [2.24, 2.45) is 5.73 Å². The number of hydrogen-bond acceptors (Lipinski definition) is 5. The van der Waals surface area contributed by atoms with Gasteiger partial charge in [-0.25, -0.2) is 4.68 Å². The highest BCUT2D eigenvalue weighted by atomic mass is 16.5. The normalized spacial score (nSPS) is 15.3. The number of nitrogens with zero attached hydrogens (tertiary/aromatic N) is 4. The third kappa shape index (κ3) is 2.98. The Bertz CT molecular complexity index is 601. The lowest BCUT2D eigenvalue weighted by Gasteiger charge is -2.28. The largest absolute Gasteiger partial charge is 0.378 e. The summed E-state index contributed by atoms with van der Waals surface area (Å²) in [6.45, 7) is 3.11. The molecular weight excluding hydrogens is 278 g/mol. The van der Waals surface area contributed by atoms with Gasteiger partial charge in [-0.15, -0.1) is 5.10 Å². The Morgan fingerprint density at radius 2 is 1.77 bits per heavy atom. The highest BCUT2D eigenvalue weighted by molar-refractivity contribution is 5.51. The van der Waals surface area contributed by atoms with Gasteiger partial charge in [0.1, 0.15) is 5.69 Å². The van der Waals surface area contributed by atoms with E-state index in [-0.39, 0.29) is 0 Å². The number of benzene rings is 1. The molecule has 0 atom stereocenters. The highest BCUT2D eigenvalue weighted by Crippen LogP contribution is 2.22. The summed E-state index contributed by atoms with van der Waals surface area (Å²) in [5.74, 6) is 0. The summed E-state index contributed by atoms with van der Waals surface area (Å²) >= 11 is 0. The first kappa shape index (κ1) is 15.0. The molecular formula is C16H23N5O. The van der Waals surface area contributed by atoms with E-state index in [2.05, 4.69) is 39.5 Å². The number of anilines is 1. The average molecular weight is 301 g/mol. The fourth-order valence-electron chi connectivity index (χ4n) is 2.94. The second-order valence-electron chi connectivity index (χ2n) is 5.60. The molecule has 6 heteroatoms. The zero-order chi connectivity index (χ0) is 15.4. The maximum Gasteiger partial charge on any atom is 0.102 e. The second-order valence-corrected chi connectivity index (χ2v) is 5.60. The Kier molecular flexibility index (Phi) is 4.70. The van der Waals surface area contributed by atoms with Crippen LogP contribution in [0.5, 0.6) is 0 Å². The summed E-state index contributed by atoms with van der Waals surface area (Å²) in [7, 11) is 1.66. The average Bonchev–Trinajstić information content (AvgIpc) is 2.99. The van der Waals surface area contributed by atoms with Crippen LogP contribution in [-0.2, 0) is 17.9 Å². The van der Waals surface area contributed by atoms with Crippen molar-refractivity contribution in [2.45, 2.75) is 32.4 Å². The minimum atomic E-state index is 0.366. The van der Waals surface area contributed by atoms with Gasteiger partial charge in [-0.2, -0.15) is 0 Å². The van der Waals surface area contributed by atoms with Gasteiger partial charge < -0.3 is 15.4 Å². The van der Waals surface area contributed by atoms with Crippen LogP contribution in [0.3, 0.4) is 0 Å². The first-order valence-electron chi connectivity index (χ1n) is 7.81. The van der Waals surface area contributed by atoms with Crippen LogP contribution in [0.4, 0.5) is 5.69 Å². The lowest BCUT2D eigenvalue weighted by Crippen LogP contribution is -2.29. The fraction of sp³-hybridized carbons (Fsp3) is 0.500. The van der Waals surface area contributed by atoms with Crippen LogP contribution in [0.1, 0.15) is 30.7 Å². The molecule has 1 aromatic heterocycles. The van der Waals surface area contributed by atoms with Gasteiger partial charge in [0, 0.05) is 32.4 Å². The van der Waals surface area contributed by atoms with E-state index in [0.29, 0.717) is 13.2 Å². The van der Waals surface area contributed by atoms with Crippen LogP contribution in [0.15, 0.2) is 24.3 Å². The number of hydrogen-bond donors (Lipinski definition) is 1. The predicted molar refractivity (Wildman–Crippen MR) is 86.0 cm³/mol. The van der Waals surface area contributed by atoms with E-state index in [1.807, 2.05) is 4.68 Å². The monoisotopic (exact) mass is 301 g/mol. The molecule has 1 aromatic carbocycles. The van der Waals surface area contributed by atoms with Crippen molar-refractivity contribution in [3.63, 3.8) is 0 Å². The molecule has 118 valence electrons.